The molecule has 16 heavy (non-hydrogen) atoms. The molecule has 0 aliphatic carbocycles. The van der Waals surface area contributed by atoms with Gasteiger partial charge >= 0.3 is 0 Å². The van der Waals surface area contributed by atoms with Crippen molar-refractivity contribution in [3.8, 4) is 0 Å². The van der Waals surface area contributed by atoms with Gasteiger partial charge in [-0.15, -0.1) is 0 Å². The molecule has 0 aliphatic heterocycles. The second-order valence-corrected chi connectivity index (χ2v) is 5.74. The summed E-state index contributed by atoms with van der Waals surface area (Å²) >= 11 is 0. The van der Waals surface area contributed by atoms with E-state index in [0.29, 0.717) is 4.90 Å². The molecule has 0 amide bonds. The van der Waals surface area contributed by atoms with Gasteiger partial charge in [-0.05, 0) is 38.0 Å². The number of benzene rings is 1. The molecule has 0 bridgehead atoms. The van der Waals surface area contributed by atoms with Gasteiger partial charge in [0.15, 0.2) is 9.84 Å². The smallest absolute Gasteiger partial charge is 0.199 e. The van der Waals surface area contributed by atoms with Gasteiger partial charge in [0.05, 0.1) is 4.90 Å². The second kappa shape index (κ2) is 5.12. The molecule has 1 aromatic carbocycles. The van der Waals surface area contributed by atoms with Gasteiger partial charge < -0.3 is 0 Å². The van der Waals surface area contributed by atoms with Crippen LogP contribution in [0.5, 0.6) is 0 Å². The molecule has 0 aliphatic rings. The number of allylic oxidation sites excluding steroid dienone is 2. The Balaban J connectivity index is 2.92. The van der Waals surface area contributed by atoms with Gasteiger partial charge in [-0.3, -0.25) is 0 Å². The molecule has 3 heteroatoms. The van der Waals surface area contributed by atoms with Crippen molar-refractivity contribution in [3.05, 3.63) is 53.5 Å². The van der Waals surface area contributed by atoms with E-state index in [4.69, 9.17) is 0 Å². The Morgan fingerprint density at radius 3 is 2.25 bits per heavy atom. The van der Waals surface area contributed by atoms with Crippen LogP contribution in [-0.2, 0) is 16.3 Å². The first-order valence-corrected chi connectivity index (χ1v) is 6.60. The maximum Gasteiger partial charge on any atom is 0.199 e. The summed E-state index contributed by atoms with van der Waals surface area (Å²) in [4.78, 5) is 0.295. The summed E-state index contributed by atoms with van der Waals surface area (Å²) in [5.74, 6) is 0. The Kier molecular flexibility index (Phi) is 4.07. The predicted octanol–water partition coefficient (Wildman–Crippen LogP) is 3.11. The van der Waals surface area contributed by atoms with Crippen molar-refractivity contribution in [1.82, 2.24) is 0 Å². The van der Waals surface area contributed by atoms with Gasteiger partial charge in [0.2, 0.25) is 0 Å². The standard InChI is InChI=1S/C13H16O2S/c1-4-16(14,15)13-9-7-12(8-10-13)6-5-11(2)3/h4-5,7-10H,1,6H2,2-3H3. The first-order chi connectivity index (χ1) is 7.45. The summed E-state index contributed by atoms with van der Waals surface area (Å²) in [6.45, 7) is 7.37. The molecule has 0 fully saturated rings. The number of sulfone groups is 1. The molecular formula is C13H16O2S. The topological polar surface area (TPSA) is 34.1 Å². The highest BCUT2D eigenvalue weighted by Gasteiger charge is 2.07. The minimum atomic E-state index is -3.30. The minimum absolute atomic E-state index is 0.295. The van der Waals surface area contributed by atoms with Crippen LogP contribution in [0.4, 0.5) is 0 Å². The van der Waals surface area contributed by atoms with Crippen LogP contribution >= 0.6 is 0 Å². The number of hydrogen-bond acceptors (Lipinski definition) is 2. The molecule has 1 rings (SSSR count). The molecule has 86 valence electrons. The molecule has 0 aromatic heterocycles. The summed E-state index contributed by atoms with van der Waals surface area (Å²) < 4.78 is 22.9. The van der Waals surface area contributed by atoms with Gasteiger partial charge in [-0.1, -0.05) is 30.4 Å². The molecule has 0 atom stereocenters. The highest BCUT2D eigenvalue weighted by Crippen LogP contribution is 2.13. The van der Waals surface area contributed by atoms with Gasteiger partial charge in [0.1, 0.15) is 0 Å². The van der Waals surface area contributed by atoms with Crippen molar-refractivity contribution in [2.24, 2.45) is 0 Å². The molecular weight excluding hydrogens is 220 g/mol. The molecule has 0 saturated heterocycles. The summed E-state index contributed by atoms with van der Waals surface area (Å²) in [5, 5.41) is 0.970. The van der Waals surface area contributed by atoms with Crippen molar-refractivity contribution in [2.75, 3.05) is 0 Å². The molecule has 0 unspecified atom stereocenters. The van der Waals surface area contributed by atoms with E-state index in [9.17, 15) is 8.42 Å². The largest absolute Gasteiger partial charge is 0.219 e. The second-order valence-electron chi connectivity index (χ2n) is 3.84. The molecule has 0 saturated carbocycles. The van der Waals surface area contributed by atoms with Gasteiger partial charge in [0.25, 0.3) is 0 Å². The molecule has 0 spiro atoms. The van der Waals surface area contributed by atoms with Gasteiger partial charge in [0, 0.05) is 5.41 Å². The van der Waals surface area contributed by atoms with Crippen LogP contribution in [-0.4, -0.2) is 8.42 Å². The lowest BCUT2D eigenvalue weighted by molar-refractivity contribution is 0.604. The molecule has 1 aromatic rings. The first kappa shape index (κ1) is 12.7. The quantitative estimate of drug-likeness (QED) is 0.753. The molecule has 0 heterocycles. The highest BCUT2D eigenvalue weighted by molar-refractivity contribution is 7.94. The van der Waals surface area contributed by atoms with Crippen molar-refractivity contribution in [3.63, 3.8) is 0 Å². The van der Waals surface area contributed by atoms with E-state index in [1.165, 1.54) is 5.57 Å². The lowest BCUT2D eigenvalue weighted by Crippen LogP contribution is -1.95. The molecule has 2 nitrogen and oxygen atoms in total. The monoisotopic (exact) mass is 236 g/mol. The fraction of sp³-hybridized carbons (Fsp3) is 0.231. The normalized spacial score (nSPS) is 10.9. The Morgan fingerprint density at radius 1 is 1.25 bits per heavy atom. The third-order valence-electron chi connectivity index (χ3n) is 2.22. The van der Waals surface area contributed by atoms with Crippen LogP contribution in [0.25, 0.3) is 0 Å². The lowest BCUT2D eigenvalue weighted by Gasteiger charge is -2.01. The van der Waals surface area contributed by atoms with Crippen LogP contribution in [0, 0.1) is 0 Å². The first-order valence-electron chi connectivity index (χ1n) is 5.05. The van der Waals surface area contributed by atoms with Crippen LogP contribution in [0.2, 0.25) is 0 Å². The van der Waals surface area contributed by atoms with Gasteiger partial charge in [-0.25, -0.2) is 8.42 Å². The number of rotatable bonds is 4. The maximum atomic E-state index is 11.4. The highest BCUT2D eigenvalue weighted by atomic mass is 32.2. The Hall–Kier alpha value is -1.35. The summed E-state index contributed by atoms with van der Waals surface area (Å²) in [5.41, 5.74) is 2.35. The van der Waals surface area contributed by atoms with Crippen molar-refractivity contribution < 1.29 is 8.42 Å². The third kappa shape index (κ3) is 3.35. The summed E-state index contributed by atoms with van der Waals surface area (Å²) in [7, 11) is -3.30. The Bertz CT molecular complexity index is 489. The molecule has 0 radical (unpaired) electrons. The lowest BCUT2D eigenvalue weighted by atomic mass is 10.1. The fourth-order valence-corrected chi connectivity index (χ4v) is 1.94. The van der Waals surface area contributed by atoms with E-state index in [1.54, 1.807) is 12.1 Å². The summed E-state index contributed by atoms with van der Waals surface area (Å²) in [6, 6.07) is 6.89. The summed E-state index contributed by atoms with van der Waals surface area (Å²) in [6.07, 6.45) is 2.94. The van der Waals surface area contributed by atoms with E-state index >= 15 is 0 Å². The average molecular weight is 236 g/mol. The Morgan fingerprint density at radius 2 is 1.81 bits per heavy atom. The SMILES string of the molecule is C=CS(=O)(=O)c1ccc(CC=C(C)C)cc1. The van der Waals surface area contributed by atoms with E-state index in [1.807, 2.05) is 26.0 Å². The van der Waals surface area contributed by atoms with Crippen LogP contribution in [0.15, 0.2) is 52.8 Å². The maximum absolute atomic E-state index is 11.4. The van der Waals surface area contributed by atoms with Gasteiger partial charge in [-0.2, -0.15) is 0 Å². The molecule has 0 N–H and O–H groups in total. The Labute approximate surface area is 97.2 Å². The van der Waals surface area contributed by atoms with E-state index < -0.39 is 9.84 Å². The fourth-order valence-electron chi connectivity index (χ4n) is 1.23. The van der Waals surface area contributed by atoms with E-state index in [2.05, 4.69) is 12.7 Å². The van der Waals surface area contributed by atoms with Crippen molar-refractivity contribution >= 4 is 9.84 Å². The third-order valence-corrected chi connectivity index (χ3v) is 3.59. The zero-order valence-electron chi connectivity index (χ0n) is 9.60. The zero-order valence-corrected chi connectivity index (χ0v) is 10.4. The predicted molar refractivity (Wildman–Crippen MR) is 67.0 cm³/mol. The minimum Gasteiger partial charge on any atom is -0.219 e. The number of hydrogen-bond donors (Lipinski definition) is 0. The van der Waals surface area contributed by atoms with Crippen molar-refractivity contribution in [2.45, 2.75) is 25.2 Å². The van der Waals surface area contributed by atoms with E-state index in [-0.39, 0.29) is 0 Å². The van der Waals surface area contributed by atoms with Crippen LogP contribution in [0.3, 0.4) is 0 Å². The zero-order chi connectivity index (χ0) is 12.2. The van der Waals surface area contributed by atoms with E-state index in [0.717, 1.165) is 17.4 Å². The van der Waals surface area contributed by atoms with Crippen LogP contribution < -0.4 is 0 Å². The van der Waals surface area contributed by atoms with Crippen molar-refractivity contribution in [1.29, 1.82) is 0 Å². The van der Waals surface area contributed by atoms with Crippen LogP contribution in [0.1, 0.15) is 19.4 Å². The average Bonchev–Trinajstić information content (AvgIpc) is 2.27.